The average Bonchev–Trinajstić information content (AvgIpc) is 1.87. The summed E-state index contributed by atoms with van der Waals surface area (Å²) in [5.41, 5.74) is 0. The highest BCUT2D eigenvalue weighted by atomic mass is 16.1. The number of carbonyl (C=O) groups excluding carboxylic acids is 1. The average molecular weight is 138 g/mol. The quantitative estimate of drug-likeness (QED) is 0.545. The van der Waals surface area contributed by atoms with E-state index in [-0.39, 0.29) is 5.78 Å². The Bertz CT molecular complexity index is 143. The Morgan fingerprint density at radius 2 is 2.10 bits per heavy atom. The van der Waals surface area contributed by atoms with Crippen molar-refractivity contribution in [1.82, 2.24) is 0 Å². The third-order valence-electron chi connectivity index (χ3n) is 1.10. The fourth-order valence-electron chi connectivity index (χ4n) is 0.573. The maximum atomic E-state index is 10.4. The number of hydrogen-bond acceptors (Lipinski definition) is 1. The van der Waals surface area contributed by atoms with E-state index in [1.54, 1.807) is 6.92 Å². The van der Waals surface area contributed by atoms with E-state index in [0.717, 1.165) is 6.42 Å². The van der Waals surface area contributed by atoms with Crippen molar-refractivity contribution in [1.29, 1.82) is 0 Å². The third-order valence-corrected chi connectivity index (χ3v) is 1.10. The van der Waals surface area contributed by atoms with Crippen molar-refractivity contribution < 1.29 is 4.79 Å². The number of hydrogen-bond donors (Lipinski definition) is 0. The molecule has 0 heterocycles. The second-order valence-corrected chi connectivity index (χ2v) is 2.19. The number of allylic oxidation sites excluding steroid dienone is 4. The Balaban J connectivity index is 3.27. The Morgan fingerprint density at radius 1 is 1.40 bits per heavy atom. The molecule has 0 saturated carbocycles. The number of rotatable bonds is 4. The zero-order valence-corrected chi connectivity index (χ0v) is 6.63. The van der Waals surface area contributed by atoms with Crippen LogP contribution in [0.3, 0.4) is 0 Å². The summed E-state index contributed by atoms with van der Waals surface area (Å²) in [6.07, 6.45) is 9.41. The van der Waals surface area contributed by atoms with Gasteiger partial charge in [0.05, 0.1) is 0 Å². The highest BCUT2D eigenvalue weighted by molar-refractivity contribution is 5.75. The molecule has 0 fully saturated rings. The van der Waals surface area contributed by atoms with Crippen molar-refractivity contribution >= 4 is 5.78 Å². The first-order valence-corrected chi connectivity index (χ1v) is 3.54. The van der Waals surface area contributed by atoms with E-state index in [0.29, 0.717) is 6.42 Å². The molecule has 0 aromatic heterocycles. The molecule has 0 saturated heterocycles. The van der Waals surface area contributed by atoms with Gasteiger partial charge in [-0.25, -0.2) is 0 Å². The van der Waals surface area contributed by atoms with Gasteiger partial charge in [0.2, 0.25) is 0 Å². The van der Waals surface area contributed by atoms with E-state index >= 15 is 0 Å². The summed E-state index contributed by atoms with van der Waals surface area (Å²) in [5, 5.41) is 0. The molecule has 0 atom stereocenters. The van der Waals surface area contributed by atoms with Gasteiger partial charge in [0.15, 0.2) is 0 Å². The van der Waals surface area contributed by atoms with E-state index in [4.69, 9.17) is 0 Å². The molecule has 10 heavy (non-hydrogen) atoms. The van der Waals surface area contributed by atoms with E-state index in [9.17, 15) is 4.79 Å². The van der Waals surface area contributed by atoms with Crippen LogP contribution >= 0.6 is 0 Å². The molecule has 0 radical (unpaired) electrons. The van der Waals surface area contributed by atoms with E-state index in [1.165, 1.54) is 0 Å². The van der Waals surface area contributed by atoms with Crippen LogP contribution in [0.25, 0.3) is 0 Å². The largest absolute Gasteiger partial charge is 0.300 e. The minimum Gasteiger partial charge on any atom is -0.300 e. The van der Waals surface area contributed by atoms with Crippen molar-refractivity contribution in [2.24, 2.45) is 0 Å². The molecule has 0 rings (SSSR count). The fraction of sp³-hybridized carbons (Fsp3) is 0.444. The van der Waals surface area contributed by atoms with E-state index in [2.05, 4.69) is 0 Å². The van der Waals surface area contributed by atoms with Gasteiger partial charge < -0.3 is 4.79 Å². The van der Waals surface area contributed by atoms with Crippen LogP contribution in [0.4, 0.5) is 0 Å². The summed E-state index contributed by atoms with van der Waals surface area (Å²) < 4.78 is 0. The second kappa shape index (κ2) is 6.27. The SMILES string of the molecule is C/C=C/C=C/CCC(C)=O. The van der Waals surface area contributed by atoms with Crippen LogP contribution in [-0.2, 0) is 4.79 Å². The molecule has 0 aromatic rings. The van der Waals surface area contributed by atoms with Crippen molar-refractivity contribution in [3.05, 3.63) is 24.3 Å². The van der Waals surface area contributed by atoms with Crippen LogP contribution in [-0.4, -0.2) is 5.78 Å². The molecular weight excluding hydrogens is 124 g/mol. The highest BCUT2D eigenvalue weighted by Gasteiger charge is 1.86. The van der Waals surface area contributed by atoms with Crippen molar-refractivity contribution in [2.75, 3.05) is 0 Å². The zero-order valence-electron chi connectivity index (χ0n) is 6.63. The molecule has 1 heteroatoms. The summed E-state index contributed by atoms with van der Waals surface area (Å²) in [6.45, 7) is 3.58. The van der Waals surface area contributed by atoms with Gasteiger partial charge in [-0.05, 0) is 20.3 Å². The Kier molecular flexibility index (Phi) is 5.74. The first-order valence-electron chi connectivity index (χ1n) is 3.54. The van der Waals surface area contributed by atoms with Gasteiger partial charge in [-0.1, -0.05) is 24.3 Å². The van der Waals surface area contributed by atoms with E-state index in [1.807, 2.05) is 31.2 Å². The topological polar surface area (TPSA) is 17.1 Å². The standard InChI is InChI=1S/C9H14O/c1-3-4-5-6-7-8-9(2)10/h3-6H,7-8H2,1-2H3/b4-3+,6-5+. The van der Waals surface area contributed by atoms with Crippen molar-refractivity contribution in [2.45, 2.75) is 26.7 Å². The number of Topliss-reactive ketones (excluding diaryl/α,β-unsaturated/α-hetero) is 1. The summed E-state index contributed by atoms with van der Waals surface area (Å²) in [7, 11) is 0. The summed E-state index contributed by atoms with van der Waals surface area (Å²) >= 11 is 0. The second-order valence-electron chi connectivity index (χ2n) is 2.19. The predicted octanol–water partition coefficient (Wildman–Crippen LogP) is 2.49. The number of ketones is 1. The number of carbonyl (C=O) groups is 1. The lowest BCUT2D eigenvalue weighted by Crippen LogP contribution is -1.85. The Morgan fingerprint density at radius 3 is 2.60 bits per heavy atom. The first-order chi connectivity index (χ1) is 4.77. The molecule has 0 unspecified atom stereocenters. The molecule has 0 aliphatic carbocycles. The van der Waals surface area contributed by atoms with Crippen LogP contribution in [0, 0.1) is 0 Å². The Hall–Kier alpha value is -0.850. The molecule has 56 valence electrons. The smallest absolute Gasteiger partial charge is 0.130 e. The Labute approximate surface area is 62.4 Å². The molecule has 0 aliphatic rings. The lowest BCUT2D eigenvalue weighted by molar-refractivity contribution is -0.116. The molecule has 1 nitrogen and oxygen atoms in total. The monoisotopic (exact) mass is 138 g/mol. The predicted molar refractivity (Wildman–Crippen MR) is 43.9 cm³/mol. The lowest BCUT2D eigenvalue weighted by atomic mass is 10.2. The summed E-state index contributed by atoms with van der Waals surface area (Å²) in [6, 6.07) is 0. The molecule has 0 N–H and O–H groups in total. The molecule has 0 spiro atoms. The minimum absolute atomic E-state index is 0.255. The van der Waals surface area contributed by atoms with Crippen LogP contribution in [0.5, 0.6) is 0 Å². The van der Waals surface area contributed by atoms with Crippen LogP contribution < -0.4 is 0 Å². The molecule has 0 amide bonds. The fourth-order valence-corrected chi connectivity index (χ4v) is 0.573. The summed E-state index contributed by atoms with van der Waals surface area (Å²) in [4.78, 5) is 10.4. The summed E-state index contributed by atoms with van der Waals surface area (Å²) in [5.74, 6) is 0.255. The van der Waals surface area contributed by atoms with Crippen molar-refractivity contribution in [3.8, 4) is 0 Å². The van der Waals surface area contributed by atoms with Crippen LogP contribution in [0.15, 0.2) is 24.3 Å². The maximum Gasteiger partial charge on any atom is 0.130 e. The van der Waals surface area contributed by atoms with Gasteiger partial charge in [0, 0.05) is 6.42 Å². The van der Waals surface area contributed by atoms with Crippen LogP contribution in [0.1, 0.15) is 26.7 Å². The molecular formula is C9H14O. The van der Waals surface area contributed by atoms with Gasteiger partial charge >= 0.3 is 0 Å². The zero-order chi connectivity index (χ0) is 7.82. The molecule has 0 bridgehead atoms. The van der Waals surface area contributed by atoms with Crippen LogP contribution in [0.2, 0.25) is 0 Å². The first kappa shape index (κ1) is 9.15. The molecule has 0 aromatic carbocycles. The van der Waals surface area contributed by atoms with Gasteiger partial charge in [-0.3, -0.25) is 0 Å². The maximum absolute atomic E-state index is 10.4. The van der Waals surface area contributed by atoms with Gasteiger partial charge in [-0.15, -0.1) is 0 Å². The van der Waals surface area contributed by atoms with Gasteiger partial charge in [0.25, 0.3) is 0 Å². The third kappa shape index (κ3) is 7.15. The highest BCUT2D eigenvalue weighted by Crippen LogP contribution is 1.91. The van der Waals surface area contributed by atoms with Crippen molar-refractivity contribution in [3.63, 3.8) is 0 Å². The van der Waals surface area contributed by atoms with E-state index < -0.39 is 0 Å². The van der Waals surface area contributed by atoms with Gasteiger partial charge in [0.1, 0.15) is 5.78 Å². The normalized spacial score (nSPS) is 11.4. The minimum atomic E-state index is 0.255. The van der Waals surface area contributed by atoms with Gasteiger partial charge in [-0.2, -0.15) is 0 Å². The lowest BCUT2D eigenvalue weighted by Gasteiger charge is -1.85. The molecule has 0 aliphatic heterocycles.